The summed E-state index contributed by atoms with van der Waals surface area (Å²) in [4.78, 5) is 15.4. The molecule has 0 bridgehead atoms. The van der Waals surface area contributed by atoms with Gasteiger partial charge < -0.3 is 0 Å². The van der Waals surface area contributed by atoms with Crippen molar-refractivity contribution >= 4 is 43.4 Å². The highest BCUT2D eigenvalue weighted by atomic mass is 15.2. The summed E-state index contributed by atoms with van der Waals surface area (Å²) >= 11 is 0. The maximum atomic E-state index is 5.21. The lowest BCUT2D eigenvalue weighted by Gasteiger charge is -2.22. The Hall–Kier alpha value is -6.91. The van der Waals surface area contributed by atoms with E-state index in [1.54, 1.807) is 0 Å². The van der Waals surface area contributed by atoms with Gasteiger partial charge in [0.15, 0.2) is 11.6 Å². The molecule has 2 aromatic heterocycles. The minimum Gasteiger partial charge on any atom is -0.278 e. The molecular formula is C50H34N4. The normalized spacial score (nSPS) is 13.1. The average molecular weight is 691 g/mol. The van der Waals surface area contributed by atoms with E-state index in [4.69, 9.17) is 15.0 Å². The molecule has 0 spiro atoms. The van der Waals surface area contributed by atoms with Crippen molar-refractivity contribution in [3.05, 3.63) is 181 Å². The van der Waals surface area contributed by atoms with Crippen LogP contribution in [0.3, 0.4) is 0 Å². The number of benzene rings is 8. The Morgan fingerprint density at radius 2 is 1.04 bits per heavy atom. The quantitative estimate of drug-likeness (QED) is 0.185. The van der Waals surface area contributed by atoms with Crippen LogP contribution in [0.1, 0.15) is 25.0 Å². The van der Waals surface area contributed by atoms with Gasteiger partial charge >= 0.3 is 0 Å². The highest BCUT2D eigenvalue weighted by molar-refractivity contribution is 6.24. The molecule has 0 radical (unpaired) electrons. The van der Waals surface area contributed by atoms with Crippen molar-refractivity contribution in [2.75, 3.05) is 0 Å². The Morgan fingerprint density at radius 1 is 0.426 bits per heavy atom. The van der Waals surface area contributed by atoms with Crippen LogP contribution in [0.25, 0.3) is 94.3 Å². The Labute approximate surface area is 313 Å². The monoisotopic (exact) mass is 690 g/mol. The number of fused-ring (bicyclic) bond motifs is 10. The molecular weight excluding hydrogens is 657 g/mol. The van der Waals surface area contributed by atoms with E-state index in [-0.39, 0.29) is 5.41 Å². The fourth-order valence-corrected chi connectivity index (χ4v) is 8.86. The first kappa shape index (κ1) is 30.7. The largest absolute Gasteiger partial charge is 0.278 e. The molecule has 1 aliphatic rings. The topological polar surface area (TPSA) is 43.6 Å². The van der Waals surface area contributed by atoms with Crippen molar-refractivity contribution in [2.45, 2.75) is 19.3 Å². The van der Waals surface area contributed by atoms with Crippen LogP contribution in [-0.4, -0.2) is 19.5 Å². The number of nitrogens with zero attached hydrogens (tertiary/aromatic N) is 4. The highest BCUT2D eigenvalue weighted by Crippen LogP contribution is 2.52. The van der Waals surface area contributed by atoms with Gasteiger partial charge in [0.05, 0.1) is 11.0 Å². The predicted molar refractivity (Wildman–Crippen MR) is 223 cm³/mol. The van der Waals surface area contributed by atoms with Crippen LogP contribution in [0.15, 0.2) is 170 Å². The number of hydrogen-bond acceptors (Lipinski definition) is 3. The maximum Gasteiger partial charge on any atom is 0.238 e. The maximum absolute atomic E-state index is 5.21. The Balaban J connectivity index is 1.20. The van der Waals surface area contributed by atoms with E-state index in [1.165, 1.54) is 60.3 Å². The fourth-order valence-electron chi connectivity index (χ4n) is 8.86. The molecule has 54 heavy (non-hydrogen) atoms. The lowest BCUT2D eigenvalue weighted by atomic mass is 9.81. The predicted octanol–water partition coefficient (Wildman–Crippen LogP) is 12.6. The first-order valence-electron chi connectivity index (χ1n) is 18.5. The molecule has 0 saturated heterocycles. The number of aromatic nitrogens is 4. The van der Waals surface area contributed by atoms with Crippen LogP contribution < -0.4 is 0 Å². The van der Waals surface area contributed by atoms with Gasteiger partial charge in [0, 0.05) is 27.3 Å². The van der Waals surface area contributed by atoms with Crippen LogP contribution in [0, 0.1) is 0 Å². The van der Waals surface area contributed by atoms with E-state index < -0.39 is 0 Å². The Morgan fingerprint density at radius 3 is 1.76 bits per heavy atom. The molecule has 10 aromatic rings. The van der Waals surface area contributed by atoms with E-state index in [0.29, 0.717) is 17.6 Å². The minimum atomic E-state index is -0.147. The summed E-state index contributed by atoms with van der Waals surface area (Å²) in [5.74, 6) is 1.87. The zero-order chi connectivity index (χ0) is 36.0. The van der Waals surface area contributed by atoms with Gasteiger partial charge in [0.2, 0.25) is 5.95 Å². The van der Waals surface area contributed by atoms with E-state index >= 15 is 0 Å². The van der Waals surface area contributed by atoms with Crippen molar-refractivity contribution in [3.8, 4) is 51.0 Å². The average Bonchev–Trinajstić information content (AvgIpc) is 3.69. The SMILES string of the molecule is CC1(C)c2cc(-c3cc4c(c5ccccc35)c3ccccc3n4-c3nc(-c4ccccc4)nc(-c4ccccc4)n3)ccc2-c2c1ccc1ccccc21. The summed E-state index contributed by atoms with van der Waals surface area (Å²) < 4.78 is 2.24. The molecule has 8 aromatic carbocycles. The molecule has 0 fully saturated rings. The van der Waals surface area contributed by atoms with Crippen LogP contribution in [-0.2, 0) is 5.41 Å². The third-order valence-electron chi connectivity index (χ3n) is 11.4. The van der Waals surface area contributed by atoms with Gasteiger partial charge in [0.1, 0.15) is 0 Å². The fraction of sp³-hybridized carbons (Fsp3) is 0.0600. The third kappa shape index (κ3) is 4.47. The van der Waals surface area contributed by atoms with Crippen molar-refractivity contribution in [3.63, 3.8) is 0 Å². The summed E-state index contributed by atoms with van der Waals surface area (Å²) in [6.45, 7) is 4.73. The van der Waals surface area contributed by atoms with Crippen molar-refractivity contribution in [1.29, 1.82) is 0 Å². The molecule has 0 saturated carbocycles. The van der Waals surface area contributed by atoms with Crippen LogP contribution in [0.2, 0.25) is 0 Å². The van der Waals surface area contributed by atoms with Gasteiger partial charge in [0.25, 0.3) is 0 Å². The zero-order valence-corrected chi connectivity index (χ0v) is 30.0. The van der Waals surface area contributed by atoms with Crippen LogP contribution in [0.5, 0.6) is 0 Å². The molecule has 0 N–H and O–H groups in total. The Kier molecular flexibility index (Phi) is 6.56. The van der Waals surface area contributed by atoms with Crippen molar-refractivity contribution in [2.24, 2.45) is 0 Å². The molecule has 0 amide bonds. The lowest BCUT2D eigenvalue weighted by molar-refractivity contribution is 0.661. The summed E-state index contributed by atoms with van der Waals surface area (Å²) in [5.41, 5.74) is 11.6. The zero-order valence-electron chi connectivity index (χ0n) is 30.0. The van der Waals surface area contributed by atoms with Gasteiger partial charge in [-0.2, -0.15) is 9.97 Å². The van der Waals surface area contributed by atoms with Gasteiger partial charge in [-0.05, 0) is 73.1 Å². The molecule has 254 valence electrons. The summed E-state index contributed by atoms with van der Waals surface area (Å²) in [5, 5.41) is 7.36. The number of hydrogen-bond donors (Lipinski definition) is 0. The molecule has 0 aliphatic heterocycles. The summed E-state index contributed by atoms with van der Waals surface area (Å²) in [6, 6.07) is 60.6. The van der Waals surface area contributed by atoms with Gasteiger partial charge in [-0.15, -0.1) is 0 Å². The van der Waals surface area contributed by atoms with Crippen LogP contribution in [0.4, 0.5) is 0 Å². The highest BCUT2D eigenvalue weighted by Gasteiger charge is 2.36. The second-order valence-electron chi connectivity index (χ2n) is 14.8. The van der Waals surface area contributed by atoms with E-state index in [9.17, 15) is 0 Å². The molecule has 4 nitrogen and oxygen atoms in total. The second kappa shape index (κ2) is 11.5. The van der Waals surface area contributed by atoms with Gasteiger partial charge in [-0.1, -0.05) is 166 Å². The summed E-state index contributed by atoms with van der Waals surface area (Å²) in [6.07, 6.45) is 0. The molecule has 1 aliphatic carbocycles. The first-order chi connectivity index (χ1) is 26.5. The smallest absolute Gasteiger partial charge is 0.238 e. The lowest BCUT2D eigenvalue weighted by Crippen LogP contribution is -2.15. The third-order valence-corrected chi connectivity index (χ3v) is 11.4. The van der Waals surface area contributed by atoms with Gasteiger partial charge in [-0.3, -0.25) is 4.57 Å². The molecule has 0 atom stereocenters. The van der Waals surface area contributed by atoms with Gasteiger partial charge in [-0.25, -0.2) is 4.98 Å². The van der Waals surface area contributed by atoms with Crippen LogP contribution >= 0.6 is 0 Å². The van der Waals surface area contributed by atoms with E-state index in [0.717, 1.165) is 27.5 Å². The molecule has 2 heterocycles. The molecule has 11 rings (SSSR count). The standard InChI is InChI=1S/C50H34N4/c1-50(2)41-28-26-31-15-9-10-20-35(31)45(41)38-27-25-34(29-42(38)50)40-30-44-46(37-22-12-11-21-36(37)40)39-23-13-14-24-43(39)54(44)49-52-47(32-16-5-3-6-17-32)51-48(53-49)33-18-7-4-8-19-33/h3-30H,1-2H3. The van der Waals surface area contributed by atoms with Crippen molar-refractivity contribution < 1.29 is 0 Å². The Bertz CT molecular complexity index is 3060. The van der Waals surface area contributed by atoms with E-state index in [2.05, 4.69) is 152 Å². The van der Waals surface area contributed by atoms with E-state index in [1.807, 2.05) is 36.4 Å². The van der Waals surface area contributed by atoms with Crippen molar-refractivity contribution in [1.82, 2.24) is 19.5 Å². The number of rotatable bonds is 4. The minimum absolute atomic E-state index is 0.147. The molecule has 0 unspecified atom stereocenters. The summed E-state index contributed by atoms with van der Waals surface area (Å²) in [7, 11) is 0. The molecule has 4 heteroatoms. The first-order valence-corrected chi connectivity index (χ1v) is 18.5. The number of para-hydroxylation sites is 1. The second-order valence-corrected chi connectivity index (χ2v) is 14.8.